The summed E-state index contributed by atoms with van der Waals surface area (Å²) in [5.41, 5.74) is 2.63. The number of pyridine rings is 1. The Morgan fingerprint density at radius 1 is 1.00 bits per heavy atom. The number of fused-ring (bicyclic) bond motifs is 2. The molecular formula is C37H33FN4O6S. The number of carbonyl (C=O) groups excluding carboxylic acids is 2. The number of hydrogen-bond donors (Lipinski definition) is 2. The number of piperidine rings is 1. The van der Waals surface area contributed by atoms with Crippen molar-refractivity contribution in [1.82, 2.24) is 20.2 Å². The first kappa shape index (κ1) is 32.2. The van der Waals surface area contributed by atoms with Gasteiger partial charge in [0.15, 0.2) is 0 Å². The van der Waals surface area contributed by atoms with Gasteiger partial charge in [0.05, 0.1) is 32.0 Å². The third-order valence-electron chi connectivity index (χ3n) is 9.03. The van der Waals surface area contributed by atoms with Crippen LogP contribution in [0, 0.1) is 24.6 Å². The van der Waals surface area contributed by atoms with Crippen LogP contribution in [0.25, 0.3) is 21.5 Å². The summed E-state index contributed by atoms with van der Waals surface area (Å²) in [6, 6.07) is 22.1. The zero-order chi connectivity index (χ0) is 34.4. The van der Waals surface area contributed by atoms with E-state index in [2.05, 4.69) is 10.3 Å². The average molecular weight is 681 g/mol. The molecule has 3 aromatic carbocycles. The lowest BCUT2D eigenvalue weighted by Crippen LogP contribution is -2.41. The van der Waals surface area contributed by atoms with Gasteiger partial charge in [0.25, 0.3) is 5.91 Å². The van der Waals surface area contributed by atoms with E-state index >= 15 is 0 Å². The number of alkyl carbamates (subject to hydrolysis) is 1. The number of aryl methyl sites for hydroxylation is 1. The van der Waals surface area contributed by atoms with Gasteiger partial charge in [0.1, 0.15) is 18.5 Å². The second-order valence-electron chi connectivity index (χ2n) is 12.9. The van der Waals surface area contributed by atoms with Gasteiger partial charge in [-0.25, -0.2) is 23.9 Å². The maximum absolute atomic E-state index is 13.8. The summed E-state index contributed by atoms with van der Waals surface area (Å²) in [6.07, 6.45) is -0.765. The van der Waals surface area contributed by atoms with Crippen molar-refractivity contribution in [2.45, 2.75) is 39.0 Å². The molecule has 7 rings (SSSR count). The monoisotopic (exact) mass is 680 g/mol. The van der Waals surface area contributed by atoms with E-state index < -0.39 is 17.6 Å². The van der Waals surface area contributed by atoms with Crippen LogP contribution >= 0.6 is 11.3 Å². The highest BCUT2D eigenvalue weighted by molar-refractivity contribution is 7.18. The van der Waals surface area contributed by atoms with Gasteiger partial charge in [-0.2, -0.15) is 0 Å². The lowest BCUT2D eigenvalue weighted by molar-refractivity contribution is 0.0698. The highest BCUT2D eigenvalue weighted by Gasteiger charge is 2.59. The van der Waals surface area contributed by atoms with E-state index in [9.17, 15) is 23.9 Å². The first-order valence-corrected chi connectivity index (χ1v) is 16.6. The molecule has 12 heteroatoms. The lowest BCUT2D eigenvalue weighted by atomic mass is 9.93. The number of halogens is 1. The molecule has 2 fully saturated rings. The Bertz CT molecular complexity index is 2070. The number of hydrogen-bond acceptors (Lipinski definition) is 8. The molecule has 3 atom stereocenters. The highest BCUT2D eigenvalue weighted by Crippen LogP contribution is 2.48. The van der Waals surface area contributed by atoms with Crippen molar-refractivity contribution in [3.63, 3.8) is 0 Å². The standard InChI is InChI=1S/C37H33FN4O6S/c1-20-39-32-26(35(44)45)13-23(14-30(32)49-20)34(43)42-17-27-28(18-42)33(27)48-31-16-24(15-29(40-31)22-9-11-25(38)12-10-22)37(2,3)41-36(46)47-19-21-7-5-4-6-8-21/h4-16,27-28,33H,17-19H2,1-3H3,(H,41,46)(H,44,45)/t27-,28+,33?. The Balaban J connectivity index is 1.07. The SMILES string of the molecule is Cc1nc2c(C(=O)O)cc(C(=O)N3C[C@@H]4C(Oc5cc(C(C)(C)NC(=O)OCc6ccccc6)cc(-c6ccc(F)cc6)n5)[C@@H]4C3)cc2s1. The molecule has 1 saturated carbocycles. The lowest BCUT2D eigenvalue weighted by Gasteiger charge is -2.27. The van der Waals surface area contributed by atoms with Crippen molar-refractivity contribution < 1.29 is 33.4 Å². The van der Waals surface area contributed by atoms with Gasteiger partial charge < -0.3 is 24.8 Å². The van der Waals surface area contributed by atoms with Crippen LogP contribution in [0.3, 0.4) is 0 Å². The molecule has 2 amide bonds. The topological polar surface area (TPSA) is 131 Å². The van der Waals surface area contributed by atoms with Gasteiger partial charge in [0, 0.05) is 42.1 Å². The molecule has 5 aromatic rings. The molecular weight excluding hydrogens is 647 g/mol. The van der Waals surface area contributed by atoms with Crippen molar-refractivity contribution in [2.75, 3.05) is 13.1 Å². The number of nitrogens with zero attached hydrogens (tertiary/aromatic N) is 3. The summed E-state index contributed by atoms with van der Waals surface area (Å²) in [7, 11) is 0. The van der Waals surface area contributed by atoms with Crippen LogP contribution in [0.4, 0.5) is 9.18 Å². The fraction of sp³-hybridized carbons (Fsp3) is 0.270. The molecule has 0 radical (unpaired) electrons. The Morgan fingerprint density at radius 2 is 1.71 bits per heavy atom. The number of benzene rings is 3. The quantitative estimate of drug-likeness (QED) is 0.174. The van der Waals surface area contributed by atoms with Crippen LogP contribution in [-0.2, 0) is 16.9 Å². The minimum absolute atomic E-state index is 0.0144. The van der Waals surface area contributed by atoms with E-state index in [0.717, 1.165) is 10.6 Å². The summed E-state index contributed by atoms with van der Waals surface area (Å²) in [4.78, 5) is 49.0. The Morgan fingerprint density at radius 3 is 2.41 bits per heavy atom. The first-order chi connectivity index (χ1) is 23.4. The maximum Gasteiger partial charge on any atom is 0.408 e. The van der Waals surface area contributed by atoms with E-state index in [1.54, 1.807) is 36.1 Å². The van der Waals surface area contributed by atoms with E-state index in [4.69, 9.17) is 14.5 Å². The molecule has 2 N–H and O–H groups in total. The van der Waals surface area contributed by atoms with Gasteiger partial charge in [-0.3, -0.25) is 4.79 Å². The minimum atomic E-state index is -1.13. The summed E-state index contributed by atoms with van der Waals surface area (Å²) in [6.45, 7) is 6.54. The van der Waals surface area contributed by atoms with Crippen molar-refractivity contribution in [3.8, 4) is 17.1 Å². The van der Waals surface area contributed by atoms with Gasteiger partial charge in [-0.05, 0) is 74.4 Å². The third kappa shape index (κ3) is 6.68. The molecule has 1 aliphatic heterocycles. The summed E-state index contributed by atoms with van der Waals surface area (Å²) >= 11 is 1.36. The first-order valence-electron chi connectivity index (χ1n) is 15.8. The number of likely N-dealkylation sites (tertiary alicyclic amines) is 1. The fourth-order valence-corrected chi connectivity index (χ4v) is 7.24. The summed E-state index contributed by atoms with van der Waals surface area (Å²) in [5.74, 6) is -1.22. The summed E-state index contributed by atoms with van der Waals surface area (Å²) in [5, 5.41) is 13.4. The van der Waals surface area contributed by atoms with E-state index in [1.165, 1.54) is 29.5 Å². The second kappa shape index (κ2) is 12.6. The number of ether oxygens (including phenoxy) is 2. The number of carbonyl (C=O) groups is 3. The van der Waals surface area contributed by atoms with E-state index in [1.807, 2.05) is 50.2 Å². The summed E-state index contributed by atoms with van der Waals surface area (Å²) < 4.78 is 26.3. The number of nitrogens with one attached hydrogen (secondary N) is 1. The molecule has 1 aliphatic carbocycles. The van der Waals surface area contributed by atoms with Crippen LogP contribution in [0.2, 0.25) is 0 Å². The fourth-order valence-electron chi connectivity index (χ4n) is 6.34. The number of thiazole rings is 1. The van der Waals surface area contributed by atoms with Gasteiger partial charge in [-0.1, -0.05) is 30.3 Å². The van der Waals surface area contributed by atoms with Crippen molar-refractivity contribution in [3.05, 3.63) is 112 Å². The van der Waals surface area contributed by atoms with Crippen molar-refractivity contribution in [1.29, 1.82) is 0 Å². The van der Waals surface area contributed by atoms with Crippen LogP contribution in [0.1, 0.15) is 50.7 Å². The molecule has 49 heavy (non-hydrogen) atoms. The average Bonchev–Trinajstić information content (AvgIpc) is 3.36. The maximum atomic E-state index is 13.8. The molecule has 0 bridgehead atoms. The molecule has 250 valence electrons. The number of rotatable bonds is 9. The van der Waals surface area contributed by atoms with Gasteiger partial charge in [0.2, 0.25) is 5.88 Å². The Kier molecular flexibility index (Phi) is 8.27. The minimum Gasteiger partial charge on any atom is -0.478 e. The molecule has 2 aliphatic rings. The number of aromatic carboxylic acids is 1. The van der Waals surface area contributed by atoms with E-state index in [-0.39, 0.29) is 41.8 Å². The highest BCUT2D eigenvalue weighted by atomic mass is 32.1. The number of aromatic nitrogens is 2. The van der Waals surface area contributed by atoms with Crippen LogP contribution in [-0.4, -0.2) is 57.1 Å². The number of amides is 2. The smallest absolute Gasteiger partial charge is 0.408 e. The molecule has 10 nitrogen and oxygen atoms in total. The zero-order valence-corrected chi connectivity index (χ0v) is 27.8. The molecule has 2 aromatic heterocycles. The van der Waals surface area contributed by atoms with Crippen molar-refractivity contribution >= 4 is 39.5 Å². The number of carboxylic acids is 1. The third-order valence-corrected chi connectivity index (χ3v) is 9.95. The van der Waals surface area contributed by atoms with Gasteiger partial charge in [-0.15, -0.1) is 11.3 Å². The largest absolute Gasteiger partial charge is 0.478 e. The molecule has 1 unspecified atom stereocenters. The number of carboxylic acid groups (broad SMARTS) is 1. The van der Waals surface area contributed by atoms with Gasteiger partial charge >= 0.3 is 12.1 Å². The molecule has 0 spiro atoms. The normalized spacial score (nSPS) is 18.2. The predicted octanol–water partition coefficient (Wildman–Crippen LogP) is 6.81. The molecule has 1 saturated heterocycles. The Labute approximate surface area is 285 Å². The van der Waals surface area contributed by atoms with Crippen molar-refractivity contribution in [2.24, 2.45) is 11.8 Å². The van der Waals surface area contributed by atoms with Crippen LogP contribution in [0.5, 0.6) is 5.88 Å². The molecule has 3 heterocycles. The Hall–Kier alpha value is -5.36. The zero-order valence-electron chi connectivity index (χ0n) is 27.0. The van der Waals surface area contributed by atoms with Crippen LogP contribution < -0.4 is 10.1 Å². The second-order valence-corrected chi connectivity index (χ2v) is 14.2. The predicted molar refractivity (Wildman–Crippen MR) is 181 cm³/mol. The van der Waals surface area contributed by atoms with Crippen LogP contribution in [0.15, 0.2) is 78.9 Å². The van der Waals surface area contributed by atoms with E-state index in [0.29, 0.717) is 51.6 Å².